The normalized spacial score (nSPS) is 11.8. The first-order chi connectivity index (χ1) is 12.0. The molecule has 0 unspecified atom stereocenters. The van der Waals surface area contributed by atoms with Crippen LogP contribution in [0.15, 0.2) is 34.8 Å². The lowest BCUT2D eigenvalue weighted by atomic mass is 10.2. The van der Waals surface area contributed by atoms with Gasteiger partial charge in [-0.05, 0) is 32.0 Å². The fourth-order valence-corrected chi connectivity index (χ4v) is 4.09. The Bertz CT molecular complexity index is 988. The zero-order chi connectivity index (χ0) is 18.0. The lowest BCUT2D eigenvalue weighted by Gasteiger charge is -2.05. The van der Waals surface area contributed by atoms with Gasteiger partial charge in [0.25, 0.3) is 5.91 Å². The first-order valence-corrected chi connectivity index (χ1v) is 9.54. The molecule has 0 saturated carbocycles. The number of amides is 1. The number of rotatable bonds is 4. The van der Waals surface area contributed by atoms with Crippen LogP contribution in [0.1, 0.15) is 25.9 Å². The molecule has 0 spiro atoms. The van der Waals surface area contributed by atoms with E-state index in [9.17, 15) is 4.79 Å². The van der Waals surface area contributed by atoms with Crippen LogP contribution in [0, 0.1) is 13.8 Å². The van der Waals surface area contributed by atoms with E-state index in [0.717, 1.165) is 15.6 Å². The van der Waals surface area contributed by atoms with Gasteiger partial charge in [-0.2, -0.15) is 4.99 Å². The summed E-state index contributed by atoms with van der Waals surface area (Å²) >= 11 is 9.06. The molecule has 25 heavy (non-hydrogen) atoms. The first kappa shape index (κ1) is 17.8. The minimum Gasteiger partial charge on any atom is -0.496 e. The molecule has 3 rings (SSSR count). The number of hydrogen-bond donors (Lipinski definition) is 0. The Morgan fingerprint density at radius 2 is 2.20 bits per heavy atom. The Labute approximate surface area is 158 Å². The number of carbonyl (C=O) groups excluding carboxylic acids is 1. The molecule has 5 nitrogen and oxygen atoms in total. The number of hydrogen-bond acceptors (Lipinski definition) is 5. The third kappa shape index (κ3) is 4.18. The predicted octanol–water partition coefficient (Wildman–Crippen LogP) is 4.07. The third-order valence-electron chi connectivity index (χ3n) is 3.40. The highest BCUT2D eigenvalue weighted by Gasteiger charge is 2.13. The average Bonchev–Trinajstić information content (AvgIpc) is 3.13. The summed E-state index contributed by atoms with van der Waals surface area (Å²) in [5.41, 5.74) is 1.34. The minimum absolute atomic E-state index is 0.345. The fourth-order valence-electron chi connectivity index (χ4n) is 2.32. The van der Waals surface area contributed by atoms with Gasteiger partial charge in [-0.15, -0.1) is 22.7 Å². The van der Waals surface area contributed by atoms with Crippen LogP contribution in [0.25, 0.3) is 0 Å². The molecule has 0 saturated heterocycles. The van der Waals surface area contributed by atoms with E-state index in [-0.39, 0.29) is 5.91 Å². The van der Waals surface area contributed by atoms with Crippen LogP contribution < -0.4 is 9.54 Å². The summed E-state index contributed by atoms with van der Waals surface area (Å²) in [4.78, 5) is 23.1. The van der Waals surface area contributed by atoms with Crippen molar-refractivity contribution < 1.29 is 9.53 Å². The summed E-state index contributed by atoms with van der Waals surface area (Å²) in [6.45, 7) is 4.53. The molecule has 0 aliphatic heterocycles. The summed E-state index contributed by atoms with van der Waals surface area (Å²) in [6.07, 6.45) is 1.97. The molecule has 0 radical (unpaired) electrons. The van der Waals surface area contributed by atoms with Crippen molar-refractivity contribution in [3.8, 4) is 5.75 Å². The maximum atomic E-state index is 12.6. The highest BCUT2D eigenvalue weighted by molar-refractivity contribution is 7.10. The SMILES string of the molecule is COc1ccc(Cl)cc1C(=O)/N=c1\sc(C)cn1Cc1nc(C)cs1. The molecule has 1 aromatic carbocycles. The van der Waals surface area contributed by atoms with E-state index in [1.807, 2.05) is 30.0 Å². The maximum absolute atomic E-state index is 12.6. The van der Waals surface area contributed by atoms with E-state index in [2.05, 4.69) is 9.98 Å². The molecule has 0 fully saturated rings. The van der Waals surface area contributed by atoms with Gasteiger partial charge in [0, 0.05) is 27.2 Å². The molecule has 130 valence electrons. The van der Waals surface area contributed by atoms with Gasteiger partial charge in [0.1, 0.15) is 10.8 Å². The highest BCUT2D eigenvalue weighted by Crippen LogP contribution is 2.23. The van der Waals surface area contributed by atoms with Crippen LogP contribution >= 0.6 is 34.3 Å². The smallest absolute Gasteiger partial charge is 0.283 e. The second kappa shape index (κ2) is 7.51. The molecule has 2 aromatic heterocycles. The first-order valence-electron chi connectivity index (χ1n) is 7.46. The Kier molecular flexibility index (Phi) is 5.36. The Hall–Kier alpha value is -1.96. The van der Waals surface area contributed by atoms with Crippen molar-refractivity contribution in [2.24, 2.45) is 4.99 Å². The van der Waals surface area contributed by atoms with E-state index < -0.39 is 0 Å². The summed E-state index contributed by atoms with van der Waals surface area (Å²) in [6, 6.07) is 4.91. The molecule has 8 heteroatoms. The Morgan fingerprint density at radius 3 is 2.88 bits per heavy atom. The topological polar surface area (TPSA) is 56.5 Å². The van der Waals surface area contributed by atoms with Gasteiger partial charge >= 0.3 is 0 Å². The van der Waals surface area contributed by atoms with Crippen molar-refractivity contribution in [3.63, 3.8) is 0 Å². The van der Waals surface area contributed by atoms with Crippen molar-refractivity contribution in [2.45, 2.75) is 20.4 Å². The molecular weight excluding hydrogens is 378 g/mol. The summed E-state index contributed by atoms with van der Waals surface area (Å²) in [7, 11) is 1.51. The van der Waals surface area contributed by atoms with Crippen molar-refractivity contribution in [1.82, 2.24) is 9.55 Å². The van der Waals surface area contributed by atoms with Crippen molar-refractivity contribution >= 4 is 40.2 Å². The van der Waals surface area contributed by atoms with Crippen LogP contribution in [0.5, 0.6) is 5.75 Å². The van der Waals surface area contributed by atoms with E-state index in [1.165, 1.54) is 18.4 Å². The van der Waals surface area contributed by atoms with Crippen LogP contribution in [-0.4, -0.2) is 22.6 Å². The number of thiazole rings is 2. The number of benzene rings is 1. The lowest BCUT2D eigenvalue weighted by Crippen LogP contribution is -2.17. The van der Waals surface area contributed by atoms with Crippen LogP contribution in [-0.2, 0) is 6.54 Å². The molecule has 0 bridgehead atoms. The summed E-state index contributed by atoms with van der Waals surface area (Å²) < 4.78 is 7.18. The van der Waals surface area contributed by atoms with Crippen LogP contribution in [0.3, 0.4) is 0 Å². The van der Waals surface area contributed by atoms with Gasteiger partial charge in [-0.25, -0.2) is 4.98 Å². The zero-order valence-electron chi connectivity index (χ0n) is 13.9. The Balaban J connectivity index is 1.98. The van der Waals surface area contributed by atoms with Gasteiger partial charge in [0.2, 0.25) is 0 Å². The largest absolute Gasteiger partial charge is 0.496 e. The molecule has 3 aromatic rings. The van der Waals surface area contributed by atoms with E-state index in [1.54, 1.807) is 29.5 Å². The van der Waals surface area contributed by atoms with E-state index in [0.29, 0.717) is 27.7 Å². The number of methoxy groups -OCH3 is 1. The molecular formula is C17H16ClN3O2S2. The predicted molar refractivity (Wildman–Crippen MR) is 101 cm³/mol. The molecule has 1 amide bonds. The van der Waals surface area contributed by atoms with Gasteiger partial charge < -0.3 is 9.30 Å². The third-order valence-corrected chi connectivity index (χ3v) is 5.52. The Morgan fingerprint density at radius 1 is 1.40 bits per heavy atom. The summed E-state index contributed by atoms with van der Waals surface area (Å²) in [5.74, 6) is 0.0683. The van der Waals surface area contributed by atoms with Crippen LogP contribution in [0.2, 0.25) is 5.02 Å². The van der Waals surface area contributed by atoms with Crippen LogP contribution in [0.4, 0.5) is 0 Å². The van der Waals surface area contributed by atoms with Crippen molar-refractivity contribution in [2.75, 3.05) is 7.11 Å². The van der Waals surface area contributed by atoms with Gasteiger partial charge in [-0.1, -0.05) is 11.6 Å². The maximum Gasteiger partial charge on any atom is 0.283 e. The monoisotopic (exact) mass is 393 g/mol. The lowest BCUT2D eigenvalue weighted by molar-refractivity contribution is 0.0995. The molecule has 2 heterocycles. The zero-order valence-corrected chi connectivity index (χ0v) is 16.3. The van der Waals surface area contributed by atoms with E-state index in [4.69, 9.17) is 16.3 Å². The molecule has 0 aliphatic rings. The molecule has 0 atom stereocenters. The number of aryl methyl sites for hydroxylation is 2. The summed E-state index contributed by atoms with van der Waals surface area (Å²) in [5, 5.41) is 3.45. The number of nitrogens with zero attached hydrogens (tertiary/aromatic N) is 3. The molecule has 0 N–H and O–H groups in total. The average molecular weight is 394 g/mol. The number of carbonyl (C=O) groups is 1. The van der Waals surface area contributed by atoms with Gasteiger partial charge in [0.05, 0.1) is 19.2 Å². The van der Waals surface area contributed by atoms with Crippen molar-refractivity contribution in [1.29, 1.82) is 0 Å². The van der Waals surface area contributed by atoms with E-state index >= 15 is 0 Å². The standard InChI is InChI=1S/C17H16ClN3O2S2/c1-10-9-24-15(19-10)8-21-7-11(2)25-17(21)20-16(22)13-6-12(18)4-5-14(13)23-3/h4-7,9H,8H2,1-3H3/b20-17-. The van der Waals surface area contributed by atoms with Gasteiger partial charge in [0.15, 0.2) is 4.80 Å². The fraction of sp³-hybridized carbons (Fsp3) is 0.235. The highest BCUT2D eigenvalue weighted by atomic mass is 35.5. The minimum atomic E-state index is -0.384. The quantitative estimate of drug-likeness (QED) is 0.671. The number of halogens is 1. The van der Waals surface area contributed by atoms with Crippen molar-refractivity contribution in [3.05, 3.63) is 60.7 Å². The second-order valence-electron chi connectivity index (χ2n) is 5.40. The number of ether oxygens (including phenoxy) is 1. The number of aromatic nitrogens is 2. The molecule has 0 aliphatic carbocycles. The van der Waals surface area contributed by atoms with Gasteiger partial charge in [-0.3, -0.25) is 4.79 Å². The second-order valence-corrected chi connectivity index (χ2v) is 7.99.